The molecule has 1 fully saturated rings. The van der Waals surface area contributed by atoms with E-state index in [4.69, 9.17) is 0 Å². The molecule has 0 heterocycles. The lowest BCUT2D eigenvalue weighted by atomic mass is 9.82. The zero-order valence-electron chi connectivity index (χ0n) is 12.4. The Bertz CT molecular complexity index is 269. The summed E-state index contributed by atoms with van der Waals surface area (Å²) in [4.78, 5) is 0. The topological polar surface area (TPSA) is 12.0 Å². The first-order valence-corrected chi connectivity index (χ1v) is 8.25. The van der Waals surface area contributed by atoms with Crippen molar-refractivity contribution in [3.8, 4) is 0 Å². The summed E-state index contributed by atoms with van der Waals surface area (Å²) in [5, 5.41) is 3.80. The molecule has 3 atom stereocenters. The van der Waals surface area contributed by atoms with Crippen LogP contribution < -0.4 is 5.32 Å². The maximum absolute atomic E-state index is 3.80. The summed E-state index contributed by atoms with van der Waals surface area (Å²) in [5.74, 6) is 1.82. The monoisotopic (exact) mass is 249 g/mol. The normalized spacial score (nSPS) is 31.6. The van der Waals surface area contributed by atoms with E-state index >= 15 is 0 Å². The Hall–Kier alpha value is -0.300. The van der Waals surface area contributed by atoms with E-state index in [2.05, 4.69) is 25.2 Å². The van der Waals surface area contributed by atoms with Gasteiger partial charge in [-0.25, -0.2) is 0 Å². The molecule has 3 unspecified atom stereocenters. The van der Waals surface area contributed by atoms with Crippen LogP contribution in [0.3, 0.4) is 0 Å². The van der Waals surface area contributed by atoms with E-state index in [9.17, 15) is 0 Å². The molecule has 2 aliphatic carbocycles. The first-order chi connectivity index (χ1) is 8.83. The summed E-state index contributed by atoms with van der Waals surface area (Å²) in [6.45, 7) is 5.84. The van der Waals surface area contributed by atoms with E-state index in [1.165, 1.54) is 57.8 Å². The van der Waals surface area contributed by atoms with Crippen LogP contribution in [0.4, 0.5) is 0 Å². The highest BCUT2D eigenvalue weighted by Gasteiger charge is 2.32. The number of hydrogen-bond donors (Lipinski definition) is 1. The van der Waals surface area contributed by atoms with Crippen molar-refractivity contribution in [2.45, 2.75) is 77.7 Å². The minimum absolute atomic E-state index is 0.686. The van der Waals surface area contributed by atoms with Gasteiger partial charge in [-0.2, -0.15) is 0 Å². The van der Waals surface area contributed by atoms with Crippen molar-refractivity contribution in [2.75, 3.05) is 6.54 Å². The Morgan fingerprint density at radius 2 is 2.00 bits per heavy atom. The molecule has 2 rings (SSSR count). The summed E-state index contributed by atoms with van der Waals surface area (Å²) in [7, 11) is 0. The third-order valence-corrected chi connectivity index (χ3v) is 5.01. The van der Waals surface area contributed by atoms with E-state index in [-0.39, 0.29) is 0 Å². The van der Waals surface area contributed by atoms with Crippen molar-refractivity contribution in [1.82, 2.24) is 5.32 Å². The molecule has 1 nitrogen and oxygen atoms in total. The van der Waals surface area contributed by atoms with Gasteiger partial charge in [-0.05, 0) is 50.5 Å². The quantitative estimate of drug-likeness (QED) is 0.713. The number of hydrogen-bond acceptors (Lipinski definition) is 1. The van der Waals surface area contributed by atoms with Crippen LogP contribution in [0.2, 0.25) is 0 Å². The van der Waals surface area contributed by atoms with Crippen LogP contribution >= 0.6 is 0 Å². The first kappa shape index (κ1) is 14.1. The van der Waals surface area contributed by atoms with Gasteiger partial charge >= 0.3 is 0 Å². The van der Waals surface area contributed by atoms with Gasteiger partial charge in [-0.3, -0.25) is 0 Å². The highest BCUT2D eigenvalue weighted by Crippen LogP contribution is 2.37. The minimum atomic E-state index is 0.686. The number of allylic oxidation sites excluding steroid dienone is 1. The Kier molecular flexibility index (Phi) is 5.75. The molecule has 0 aromatic carbocycles. The van der Waals surface area contributed by atoms with E-state index in [0.717, 1.165) is 18.4 Å². The fraction of sp³-hybridized carbons (Fsp3) is 0.882. The van der Waals surface area contributed by atoms with Crippen molar-refractivity contribution in [3.63, 3.8) is 0 Å². The summed E-state index contributed by atoms with van der Waals surface area (Å²) in [6, 6.07) is 0.686. The summed E-state index contributed by atoms with van der Waals surface area (Å²) >= 11 is 0. The Morgan fingerprint density at radius 3 is 2.72 bits per heavy atom. The SMILES string of the molecule is CCNC(C1=CCCCCCC1)C1CCCC1C. The van der Waals surface area contributed by atoms with Gasteiger partial charge in [0.05, 0.1) is 0 Å². The summed E-state index contributed by atoms with van der Waals surface area (Å²) < 4.78 is 0. The Labute approximate surface area is 113 Å². The van der Waals surface area contributed by atoms with E-state index in [1.807, 2.05) is 0 Å². The summed E-state index contributed by atoms with van der Waals surface area (Å²) in [5.41, 5.74) is 1.75. The maximum atomic E-state index is 3.80. The van der Waals surface area contributed by atoms with Gasteiger partial charge in [0.25, 0.3) is 0 Å². The van der Waals surface area contributed by atoms with Gasteiger partial charge in [0.15, 0.2) is 0 Å². The number of nitrogens with one attached hydrogen (secondary N) is 1. The highest BCUT2D eigenvalue weighted by molar-refractivity contribution is 5.14. The van der Waals surface area contributed by atoms with Crippen molar-refractivity contribution in [2.24, 2.45) is 11.8 Å². The molecule has 0 saturated heterocycles. The lowest BCUT2D eigenvalue weighted by Crippen LogP contribution is -2.39. The molecule has 0 spiro atoms. The van der Waals surface area contributed by atoms with Gasteiger partial charge in [-0.1, -0.05) is 51.2 Å². The average molecular weight is 249 g/mol. The van der Waals surface area contributed by atoms with Gasteiger partial charge in [0, 0.05) is 6.04 Å². The predicted molar refractivity (Wildman–Crippen MR) is 79.8 cm³/mol. The number of likely N-dealkylation sites (N-methyl/N-ethyl adjacent to an activating group) is 1. The van der Waals surface area contributed by atoms with Gasteiger partial charge in [0.2, 0.25) is 0 Å². The number of rotatable bonds is 4. The van der Waals surface area contributed by atoms with Crippen LogP contribution in [-0.2, 0) is 0 Å². The van der Waals surface area contributed by atoms with E-state index < -0.39 is 0 Å². The van der Waals surface area contributed by atoms with Gasteiger partial charge < -0.3 is 5.32 Å². The molecule has 2 aliphatic rings. The first-order valence-electron chi connectivity index (χ1n) is 8.25. The molecule has 18 heavy (non-hydrogen) atoms. The second-order valence-electron chi connectivity index (χ2n) is 6.34. The van der Waals surface area contributed by atoms with Crippen molar-refractivity contribution < 1.29 is 0 Å². The van der Waals surface area contributed by atoms with Crippen LogP contribution in [0.15, 0.2) is 11.6 Å². The van der Waals surface area contributed by atoms with Crippen molar-refractivity contribution in [1.29, 1.82) is 0 Å². The smallest absolute Gasteiger partial charge is 0.0310 e. The van der Waals surface area contributed by atoms with E-state index in [0.29, 0.717) is 6.04 Å². The highest BCUT2D eigenvalue weighted by atomic mass is 14.9. The Balaban J connectivity index is 2.06. The maximum Gasteiger partial charge on any atom is 0.0310 e. The molecular weight excluding hydrogens is 218 g/mol. The third-order valence-electron chi connectivity index (χ3n) is 5.01. The molecule has 0 radical (unpaired) electrons. The van der Waals surface area contributed by atoms with Crippen molar-refractivity contribution >= 4 is 0 Å². The standard InChI is InChI=1S/C17H31N/c1-3-18-17(16-13-9-10-14(16)2)15-11-7-5-4-6-8-12-15/h11,14,16-18H,3-10,12-13H2,1-2H3. The lowest BCUT2D eigenvalue weighted by molar-refractivity contribution is 0.323. The predicted octanol–water partition coefficient (Wildman–Crippen LogP) is 4.68. The molecule has 0 aliphatic heterocycles. The third kappa shape index (κ3) is 3.60. The fourth-order valence-corrected chi connectivity index (χ4v) is 3.95. The zero-order chi connectivity index (χ0) is 12.8. The second kappa shape index (κ2) is 7.33. The largest absolute Gasteiger partial charge is 0.310 e. The molecule has 1 heteroatoms. The molecule has 1 N–H and O–H groups in total. The molecule has 0 amide bonds. The van der Waals surface area contributed by atoms with Crippen LogP contribution in [0.1, 0.15) is 71.6 Å². The second-order valence-corrected chi connectivity index (χ2v) is 6.34. The lowest BCUT2D eigenvalue weighted by Gasteiger charge is -2.31. The van der Waals surface area contributed by atoms with Crippen LogP contribution in [-0.4, -0.2) is 12.6 Å². The molecular formula is C17H31N. The molecule has 0 bridgehead atoms. The van der Waals surface area contributed by atoms with Crippen LogP contribution in [0, 0.1) is 11.8 Å². The Morgan fingerprint density at radius 1 is 1.17 bits per heavy atom. The van der Waals surface area contributed by atoms with Gasteiger partial charge in [-0.15, -0.1) is 0 Å². The fourth-order valence-electron chi connectivity index (χ4n) is 3.95. The molecule has 104 valence electrons. The van der Waals surface area contributed by atoms with E-state index in [1.54, 1.807) is 5.57 Å². The minimum Gasteiger partial charge on any atom is -0.310 e. The van der Waals surface area contributed by atoms with Gasteiger partial charge in [0.1, 0.15) is 0 Å². The zero-order valence-corrected chi connectivity index (χ0v) is 12.4. The van der Waals surface area contributed by atoms with Crippen LogP contribution in [0.25, 0.3) is 0 Å². The summed E-state index contributed by atoms with van der Waals surface area (Å²) in [6.07, 6.45) is 15.3. The molecule has 0 aromatic rings. The molecule has 1 saturated carbocycles. The van der Waals surface area contributed by atoms with Crippen molar-refractivity contribution in [3.05, 3.63) is 11.6 Å². The average Bonchev–Trinajstić information content (AvgIpc) is 2.73. The molecule has 0 aromatic heterocycles. The van der Waals surface area contributed by atoms with Crippen LogP contribution in [0.5, 0.6) is 0 Å².